The maximum atomic E-state index is 5.65. The van der Waals surface area contributed by atoms with Crippen molar-refractivity contribution in [1.82, 2.24) is 19.6 Å². The molecule has 0 saturated carbocycles. The van der Waals surface area contributed by atoms with Crippen LogP contribution in [-0.2, 0) is 13.0 Å². The summed E-state index contributed by atoms with van der Waals surface area (Å²) in [6, 6.07) is 10.3. The minimum absolute atomic E-state index is 0.572. The van der Waals surface area contributed by atoms with Crippen LogP contribution in [0, 0.1) is 11.8 Å². The van der Waals surface area contributed by atoms with Crippen molar-refractivity contribution in [1.29, 1.82) is 0 Å². The highest BCUT2D eigenvalue weighted by Crippen LogP contribution is 2.17. The lowest BCUT2D eigenvalue weighted by atomic mass is 10.1. The molecule has 4 rings (SSSR count). The molecule has 1 saturated heterocycles. The molecule has 7 nitrogen and oxygen atoms in total. The van der Waals surface area contributed by atoms with E-state index < -0.39 is 0 Å². The van der Waals surface area contributed by atoms with Gasteiger partial charge in [0.15, 0.2) is 0 Å². The van der Waals surface area contributed by atoms with Crippen LogP contribution in [0.1, 0.15) is 29.8 Å². The van der Waals surface area contributed by atoms with Gasteiger partial charge in [-0.2, -0.15) is 0 Å². The Labute approximate surface area is 177 Å². The molecule has 0 unspecified atom stereocenters. The molecule has 2 N–H and O–H groups in total. The third-order valence-corrected chi connectivity index (χ3v) is 5.39. The Morgan fingerprint density at radius 3 is 2.63 bits per heavy atom. The summed E-state index contributed by atoms with van der Waals surface area (Å²) in [4.78, 5) is 9.16. The second kappa shape index (κ2) is 9.61. The van der Waals surface area contributed by atoms with Crippen molar-refractivity contribution in [2.45, 2.75) is 19.9 Å². The molecule has 3 aromatic rings. The summed E-state index contributed by atoms with van der Waals surface area (Å²) >= 11 is 0. The highest BCUT2D eigenvalue weighted by Gasteiger charge is 2.16. The SMILES string of the molecule is CCc1nccn1Cc1cc(C#Cc2ccc(N3CCN(CCN)CC3)cc2)on1. The van der Waals surface area contributed by atoms with E-state index in [9.17, 15) is 0 Å². The normalized spacial score (nSPS) is 14.5. The van der Waals surface area contributed by atoms with Gasteiger partial charge in [0.2, 0.25) is 5.76 Å². The Morgan fingerprint density at radius 1 is 1.10 bits per heavy atom. The number of imidazole rings is 1. The fourth-order valence-electron chi connectivity index (χ4n) is 3.72. The first-order valence-corrected chi connectivity index (χ1v) is 10.5. The Bertz CT molecular complexity index is 1000. The van der Waals surface area contributed by atoms with Crippen molar-refractivity contribution in [3.63, 3.8) is 0 Å². The number of nitrogens with zero attached hydrogens (tertiary/aromatic N) is 5. The number of aryl methyl sites for hydroxylation is 1. The van der Waals surface area contributed by atoms with Gasteiger partial charge in [-0.25, -0.2) is 4.98 Å². The number of anilines is 1. The Morgan fingerprint density at radius 2 is 1.90 bits per heavy atom. The molecule has 1 fully saturated rings. The van der Waals surface area contributed by atoms with Crippen LogP contribution in [0.25, 0.3) is 0 Å². The van der Waals surface area contributed by atoms with E-state index in [0.29, 0.717) is 12.3 Å². The number of hydrogen-bond acceptors (Lipinski definition) is 6. The quantitative estimate of drug-likeness (QED) is 0.633. The van der Waals surface area contributed by atoms with E-state index in [1.54, 1.807) is 0 Å². The van der Waals surface area contributed by atoms with Crippen LogP contribution in [0.4, 0.5) is 5.69 Å². The molecular formula is C23H28N6O. The Balaban J connectivity index is 1.35. The smallest absolute Gasteiger partial charge is 0.210 e. The molecule has 2 aromatic heterocycles. The summed E-state index contributed by atoms with van der Waals surface area (Å²) in [5.74, 6) is 7.84. The van der Waals surface area contributed by atoms with Crippen LogP contribution < -0.4 is 10.6 Å². The van der Waals surface area contributed by atoms with Gasteiger partial charge in [0.05, 0.1) is 6.54 Å². The average Bonchev–Trinajstić information content (AvgIpc) is 3.43. The lowest BCUT2D eigenvalue weighted by Gasteiger charge is -2.35. The highest BCUT2D eigenvalue weighted by atomic mass is 16.5. The molecule has 0 radical (unpaired) electrons. The standard InChI is InChI=1S/C23H28N6O/c1-2-23-25-10-12-29(23)18-20-17-22(30-26-20)8-5-19-3-6-21(7-4-19)28-15-13-27(11-9-24)14-16-28/h3-4,6-7,10,12,17H,2,9,11,13-16,18,24H2,1H3. The summed E-state index contributed by atoms with van der Waals surface area (Å²) < 4.78 is 7.45. The highest BCUT2D eigenvalue weighted by molar-refractivity contribution is 5.51. The lowest BCUT2D eigenvalue weighted by molar-refractivity contribution is 0.265. The average molecular weight is 405 g/mol. The minimum atomic E-state index is 0.572. The third kappa shape index (κ3) is 4.90. The number of piperazine rings is 1. The van der Waals surface area contributed by atoms with Crippen molar-refractivity contribution < 1.29 is 4.52 Å². The fraction of sp³-hybridized carbons (Fsp3) is 0.391. The van der Waals surface area contributed by atoms with Crippen molar-refractivity contribution in [2.24, 2.45) is 5.73 Å². The topological polar surface area (TPSA) is 76.4 Å². The van der Waals surface area contributed by atoms with Crippen molar-refractivity contribution >= 4 is 5.69 Å². The van der Waals surface area contributed by atoms with E-state index in [0.717, 1.165) is 62.8 Å². The van der Waals surface area contributed by atoms with Crippen LogP contribution in [0.15, 0.2) is 47.2 Å². The molecule has 1 aliphatic heterocycles. The molecule has 7 heteroatoms. The van der Waals surface area contributed by atoms with E-state index in [1.807, 2.05) is 18.5 Å². The van der Waals surface area contributed by atoms with Gasteiger partial charge in [-0.05, 0) is 30.2 Å². The summed E-state index contributed by atoms with van der Waals surface area (Å²) in [5, 5.41) is 4.13. The minimum Gasteiger partial charge on any atom is -0.369 e. The second-order valence-electron chi connectivity index (χ2n) is 7.42. The van der Waals surface area contributed by atoms with Crippen LogP contribution in [0.3, 0.4) is 0 Å². The predicted molar refractivity (Wildman–Crippen MR) is 117 cm³/mol. The molecule has 0 amide bonds. The largest absolute Gasteiger partial charge is 0.369 e. The predicted octanol–water partition coefficient (Wildman–Crippen LogP) is 1.96. The maximum absolute atomic E-state index is 5.65. The molecule has 0 atom stereocenters. The van der Waals surface area contributed by atoms with Gasteiger partial charge in [0.1, 0.15) is 11.5 Å². The zero-order chi connectivity index (χ0) is 20.8. The first-order valence-electron chi connectivity index (χ1n) is 10.5. The van der Waals surface area contributed by atoms with Gasteiger partial charge in [0, 0.05) is 75.4 Å². The van der Waals surface area contributed by atoms with Crippen LogP contribution in [0.5, 0.6) is 0 Å². The van der Waals surface area contributed by atoms with Gasteiger partial charge in [0.25, 0.3) is 0 Å². The van der Waals surface area contributed by atoms with Crippen LogP contribution >= 0.6 is 0 Å². The zero-order valence-electron chi connectivity index (χ0n) is 17.4. The van der Waals surface area contributed by atoms with Crippen molar-refractivity contribution in [3.05, 3.63) is 65.6 Å². The van der Waals surface area contributed by atoms with Crippen LogP contribution in [-0.4, -0.2) is 58.9 Å². The number of aromatic nitrogens is 3. The molecule has 1 aromatic carbocycles. The second-order valence-corrected chi connectivity index (χ2v) is 7.42. The van der Waals surface area contributed by atoms with E-state index in [-0.39, 0.29) is 0 Å². The number of hydrogen-bond donors (Lipinski definition) is 1. The molecule has 0 spiro atoms. The van der Waals surface area contributed by atoms with Crippen molar-refractivity contribution in [3.8, 4) is 11.8 Å². The summed E-state index contributed by atoms with van der Waals surface area (Å²) in [5.41, 5.74) is 8.69. The summed E-state index contributed by atoms with van der Waals surface area (Å²) in [6.07, 6.45) is 4.65. The maximum Gasteiger partial charge on any atom is 0.210 e. The Hall–Kier alpha value is -3.08. The van der Waals surface area contributed by atoms with E-state index >= 15 is 0 Å². The molecule has 156 valence electrons. The monoisotopic (exact) mass is 404 g/mol. The summed E-state index contributed by atoms with van der Waals surface area (Å²) in [7, 11) is 0. The lowest BCUT2D eigenvalue weighted by Crippen LogP contribution is -2.47. The molecule has 3 heterocycles. The zero-order valence-corrected chi connectivity index (χ0v) is 17.4. The van der Waals surface area contributed by atoms with Gasteiger partial charge in [-0.3, -0.25) is 4.90 Å². The number of rotatable bonds is 6. The van der Waals surface area contributed by atoms with Gasteiger partial charge in [-0.1, -0.05) is 18.0 Å². The van der Waals surface area contributed by atoms with E-state index in [1.165, 1.54) is 5.69 Å². The van der Waals surface area contributed by atoms with Crippen LogP contribution in [0.2, 0.25) is 0 Å². The molecule has 1 aliphatic rings. The third-order valence-electron chi connectivity index (χ3n) is 5.39. The fourth-order valence-corrected chi connectivity index (χ4v) is 3.72. The number of benzene rings is 1. The first kappa shape index (κ1) is 20.2. The van der Waals surface area contributed by atoms with Crippen molar-refractivity contribution in [2.75, 3.05) is 44.2 Å². The molecule has 0 aliphatic carbocycles. The van der Waals surface area contributed by atoms with E-state index in [2.05, 4.69) is 67.5 Å². The first-order chi connectivity index (χ1) is 14.7. The van der Waals surface area contributed by atoms with E-state index in [4.69, 9.17) is 10.3 Å². The molecular weight excluding hydrogens is 376 g/mol. The van der Waals surface area contributed by atoms with Gasteiger partial charge in [-0.15, -0.1) is 0 Å². The molecule has 30 heavy (non-hydrogen) atoms. The Kier molecular flexibility index (Phi) is 6.47. The number of nitrogens with two attached hydrogens (primary N) is 1. The van der Waals surface area contributed by atoms with Gasteiger partial charge < -0.3 is 19.7 Å². The summed E-state index contributed by atoms with van der Waals surface area (Å²) in [6.45, 7) is 8.62. The van der Waals surface area contributed by atoms with Gasteiger partial charge >= 0.3 is 0 Å². The molecule has 0 bridgehead atoms.